The normalized spacial score (nSPS) is 23.1. The zero-order valence-corrected chi connectivity index (χ0v) is 8.49. The first-order valence-electron chi connectivity index (χ1n) is 4.73. The summed E-state index contributed by atoms with van der Waals surface area (Å²) in [6.45, 7) is 1.92. The van der Waals surface area contributed by atoms with Crippen LogP contribution < -0.4 is 5.32 Å². The second kappa shape index (κ2) is 4.41. The lowest BCUT2D eigenvalue weighted by Crippen LogP contribution is -2.44. The van der Waals surface area contributed by atoms with Crippen molar-refractivity contribution in [2.75, 3.05) is 13.6 Å². The Morgan fingerprint density at radius 3 is 2.86 bits per heavy atom. The molecule has 0 radical (unpaired) electrons. The molecule has 1 aliphatic heterocycles. The van der Waals surface area contributed by atoms with Crippen LogP contribution in [-0.2, 0) is 9.59 Å². The maximum absolute atomic E-state index is 11.6. The highest BCUT2D eigenvalue weighted by Crippen LogP contribution is 2.09. The summed E-state index contributed by atoms with van der Waals surface area (Å²) in [5.41, 5.74) is 0. The summed E-state index contributed by atoms with van der Waals surface area (Å²) in [5.74, 6) is -0.203. The number of aliphatic hydroxyl groups is 1. The lowest BCUT2D eigenvalue weighted by molar-refractivity contribution is -0.134. The van der Waals surface area contributed by atoms with Gasteiger partial charge in [0.05, 0.1) is 6.10 Å². The number of carbonyl (C=O) groups excluding carboxylic acids is 2. The molecule has 1 unspecified atom stereocenters. The third-order valence-electron chi connectivity index (χ3n) is 2.21. The second-order valence-electron chi connectivity index (χ2n) is 3.73. The van der Waals surface area contributed by atoms with Crippen molar-refractivity contribution >= 4 is 11.8 Å². The maximum Gasteiger partial charge on any atom is 0.244 e. The SMILES string of the molecule is CC(O)CN(C)C(=O)[C@@H]1CCC(=O)N1. The number of carbonyl (C=O) groups is 2. The lowest BCUT2D eigenvalue weighted by Gasteiger charge is -2.22. The molecule has 5 nitrogen and oxygen atoms in total. The Hall–Kier alpha value is -1.10. The van der Waals surface area contributed by atoms with Crippen molar-refractivity contribution < 1.29 is 14.7 Å². The van der Waals surface area contributed by atoms with Gasteiger partial charge in [-0.3, -0.25) is 9.59 Å². The van der Waals surface area contributed by atoms with E-state index in [2.05, 4.69) is 5.32 Å². The minimum Gasteiger partial charge on any atom is -0.392 e. The number of aliphatic hydroxyl groups excluding tert-OH is 1. The Morgan fingerprint density at radius 2 is 2.43 bits per heavy atom. The van der Waals surface area contributed by atoms with E-state index in [0.717, 1.165) is 0 Å². The summed E-state index contributed by atoms with van der Waals surface area (Å²) >= 11 is 0. The number of hydrogen-bond acceptors (Lipinski definition) is 3. The highest BCUT2D eigenvalue weighted by Gasteiger charge is 2.29. The number of nitrogens with zero attached hydrogens (tertiary/aromatic N) is 1. The molecule has 1 aliphatic rings. The second-order valence-corrected chi connectivity index (χ2v) is 3.73. The van der Waals surface area contributed by atoms with Crippen LogP contribution in [0, 0.1) is 0 Å². The lowest BCUT2D eigenvalue weighted by atomic mass is 10.2. The zero-order chi connectivity index (χ0) is 10.7. The van der Waals surface area contributed by atoms with Crippen LogP contribution in [0.25, 0.3) is 0 Å². The maximum atomic E-state index is 11.6. The van der Waals surface area contributed by atoms with Crippen LogP contribution >= 0.6 is 0 Å². The van der Waals surface area contributed by atoms with Gasteiger partial charge in [0.2, 0.25) is 11.8 Å². The number of rotatable bonds is 3. The van der Waals surface area contributed by atoms with E-state index >= 15 is 0 Å². The highest BCUT2D eigenvalue weighted by atomic mass is 16.3. The molecule has 2 amide bonds. The highest BCUT2D eigenvalue weighted by molar-refractivity contribution is 5.90. The minimum atomic E-state index is -0.541. The summed E-state index contributed by atoms with van der Waals surface area (Å²) in [6, 6.07) is -0.397. The van der Waals surface area contributed by atoms with Crippen molar-refractivity contribution in [3.05, 3.63) is 0 Å². The van der Waals surface area contributed by atoms with Crippen LogP contribution in [0.1, 0.15) is 19.8 Å². The molecule has 14 heavy (non-hydrogen) atoms. The molecule has 0 aromatic rings. The van der Waals surface area contributed by atoms with Gasteiger partial charge in [0.1, 0.15) is 6.04 Å². The summed E-state index contributed by atoms with van der Waals surface area (Å²) in [5, 5.41) is 11.7. The van der Waals surface area contributed by atoms with Gasteiger partial charge in [0.25, 0.3) is 0 Å². The minimum absolute atomic E-state index is 0.0752. The molecule has 0 aliphatic carbocycles. The van der Waals surface area contributed by atoms with Crippen molar-refractivity contribution in [2.24, 2.45) is 0 Å². The Bertz CT molecular complexity index is 240. The Kier molecular flexibility index (Phi) is 3.46. The summed E-state index contributed by atoms with van der Waals surface area (Å²) in [6.07, 6.45) is 0.432. The van der Waals surface area contributed by atoms with E-state index in [1.54, 1.807) is 14.0 Å². The molecule has 0 spiro atoms. The zero-order valence-electron chi connectivity index (χ0n) is 8.49. The Morgan fingerprint density at radius 1 is 1.79 bits per heavy atom. The van der Waals surface area contributed by atoms with Crippen LogP contribution in [0.4, 0.5) is 0 Å². The average Bonchev–Trinajstić information content (AvgIpc) is 2.49. The number of hydrogen-bond donors (Lipinski definition) is 2. The molecule has 0 saturated carbocycles. The number of likely N-dealkylation sites (N-methyl/N-ethyl adjacent to an activating group) is 1. The van der Waals surface area contributed by atoms with Gasteiger partial charge >= 0.3 is 0 Å². The summed E-state index contributed by atoms with van der Waals surface area (Å²) < 4.78 is 0. The fraction of sp³-hybridized carbons (Fsp3) is 0.778. The predicted molar refractivity (Wildman–Crippen MR) is 50.5 cm³/mol. The monoisotopic (exact) mass is 200 g/mol. The van der Waals surface area contributed by atoms with Gasteiger partial charge in [-0.05, 0) is 13.3 Å². The van der Waals surface area contributed by atoms with Gasteiger partial charge in [-0.1, -0.05) is 0 Å². The van der Waals surface area contributed by atoms with Crippen molar-refractivity contribution in [1.29, 1.82) is 0 Å². The molecule has 1 fully saturated rings. The first kappa shape index (κ1) is 11.0. The standard InChI is InChI=1S/C9H16N2O3/c1-6(12)5-11(2)9(14)7-3-4-8(13)10-7/h6-7,12H,3-5H2,1-2H3,(H,10,13)/t6?,7-/m0/s1. The molecule has 2 atom stereocenters. The molecule has 80 valence electrons. The van der Waals surface area contributed by atoms with E-state index in [-0.39, 0.29) is 11.8 Å². The Labute approximate surface area is 83.1 Å². The van der Waals surface area contributed by atoms with Gasteiger partial charge in [-0.25, -0.2) is 0 Å². The van der Waals surface area contributed by atoms with Gasteiger partial charge in [0.15, 0.2) is 0 Å². The third-order valence-corrected chi connectivity index (χ3v) is 2.21. The molecule has 0 bridgehead atoms. The molecule has 5 heteroatoms. The van der Waals surface area contributed by atoms with Gasteiger partial charge in [-0.2, -0.15) is 0 Å². The molecular weight excluding hydrogens is 184 g/mol. The molecule has 1 saturated heterocycles. The fourth-order valence-electron chi connectivity index (χ4n) is 1.55. The first-order chi connectivity index (χ1) is 6.50. The van der Waals surface area contributed by atoms with Gasteiger partial charge in [-0.15, -0.1) is 0 Å². The molecular formula is C9H16N2O3. The van der Waals surface area contributed by atoms with Crippen molar-refractivity contribution in [2.45, 2.75) is 31.9 Å². The smallest absolute Gasteiger partial charge is 0.244 e. The number of amides is 2. The van der Waals surface area contributed by atoms with Crippen molar-refractivity contribution in [3.63, 3.8) is 0 Å². The quantitative estimate of drug-likeness (QED) is 0.620. The van der Waals surface area contributed by atoms with Crippen LogP contribution in [0.5, 0.6) is 0 Å². The van der Waals surface area contributed by atoms with Crippen LogP contribution in [-0.4, -0.2) is 47.6 Å². The first-order valence-corrected chi connectivity index (χ1v) is 4.73. The molecule has 0 aromatic heterocycles. The van der Waals surface area contributed by atoms with Crippen LogP contribution in [0.3, 0.4) is 0 Å². The van der Waals surface area contributed by atoms with Crippen LogP contribution in [0.2, 0.25) is 0 Å². The molecule has 2 N–H and O–H groups in total. The molecule has 0 aromatic carbocycles. The summed E-state index contributed by atoms with van der Waals surface area (Å²) in [7, 11) is 1.62. The van der Waals surface area contributed by atoms with E-state index in [0.29, 0.717) is 19.4 Å². The van der Waals surface area contributed by atoms with Gasteiger partial charge in [0, 0.05) is 20.0 Å². The van der Waals surface area contributed by atoms with E-state index in [1.165, 1.54) is 4.90 Å². The largest absolute Gasteiger partial charge is 0.392 e. The number of nitrogens with one attached hydrogen (secondary N) is 1. The molecule has 1 heterocycles. The van der Waals surface area contributed by atoms with Crippen molar-refractivity contribution in [1.82, 2.24) is 10.2 Å². The van der Waals surface area contributed by atoms with E-state index < -0.39 is 12.1 Å². The van der Waals surface area contributed by atoms with E-state index in [1.807, 2.05) is 0 Å². The van der Waals surface area contributed by atoms with E-state index in [4.69, 9.17) is 5.11 Å². The van der Waals surface area contributed by atoms with Crippen LogP contribution in [0.15, 0.2) is 0 Å². The fourth-order valence-corrected chi connectivity index (χ4v) is 1.55. The topological polar surface area (TPSA) is 69.6 Å². The molecule has 1 rings (SSSR count). The third kappa shape index (κ3) is 2.70. The average molecular weight is 200 g/mol. The summed E-state index contributed by atoms with van der Waals surface area (Å²) in [4.78, 5) is 23.9. The predicted octanol–water partition coefficient (Wildman–Crippen LogP) is -0.896. The van der Waals surface area contributed by atoms with Gasteiger partial charge < -0.3 is 15.3 Å². The Balaban J connectivity index is 2.44. The van der Waals surface area contributed by atoms with E-state index in [9.17, 15) is 9.59 Å². The van der Waals surface area contributed by atoms with Crippen molar-refractivity contribution in [3.8, 4) is 0 Å².